The second kappa shape index (κ2) is 8.31. The van der Waals surface area contributed by atoms with E-state index in [4.69, 9.17) is 4.74 Å². The first-order valence-corrected chi connectivity index (χ1v) is 7.86. The number of unbranched alkanes of at least 4 members (excludes halogenated alkanes) is 2. The van der Waals surface area contributed by atoms with Crippen molar-refractivity contribution in [3.8, 4) is 5.75 Å². The average molecular weight is 277 g/mol. The van der Waals surface area contributed by atoms with Crippen LogP contribution in [-0.4, -0.2) is 13.7 Å². The Bertz CT molecular complexity index is 387. The van der Waals surface area contributed by atoms with Crippen LogP contribution in [0.3, 0.4) is 0 Å². The van der Waals surface area contributed by atoms with Crippen molar-refractivity contribution in [3.63, 3.8) is 0 Å². The molecule has 1 rings (SSSR count). The second-order valence-corrected chi connectivity index (χ2v) is 6.47. The Morgan fingerprint density at radius 1 is 1.20 bits per heavy atom. The lowest BCUT2D eigenvalue weighted by Gasteiger charge is -2.28. The topological polar surface area (TPSA) is 21.3 Å². The van der Waals surface area contributed by atoms with E-state index in [1.54, 1.807) is 7.11 Å². The number of nitrogens with one attached hydrogen (secondary N) is 1. The summed E-state index contributed by atoms with van der Waals surface area (Å²) < 4.78 is 5.44. The van der Waals surface area contributed by atoms with Gasteiger partial charge in [0.25, 0.3) is 0 Å². The van der Waals surface area contributed by atoms with E-state index in [1.807, 2.05) is 12.1 Å². The minimum atomic E-state index is 0.316. The number of para-hydroxylation sites is 1. The van der Waals surface area contributed by atoms with E-state index in [0.717, 1.165) is 12.3 Å². The van der Waals surface area contributed by atoms with Crippen molar-refractivity contribution in [1.82, 2.24) is 5.32 Å². The molecule has 20 heavy (non-hydrogen) atoms. The summed E-state index contributed by atoms with van der Waals surface area (Å²) in [7, 11) is 1.74. The number of methoxy groups -OCH3 is 1. The van der Waals surface area contributed by atoms with Crippen LogP contribution in [0.2, 0.25) is 0 Å². The van der Waals surface area contributed by atoms with E-state index in [0.29, 0.717) is 11.5 Å². The number of hydrogen-bond acceptors (Lipinski definition) is 2. The van der Waals surface area contributed by atoms with E-state index in [2.05, 4.69) is 45.1 Å². The third kappa shape index (κ3) is 5.54. The van der Waals surface area contributed by atoms with Gasteiger partial charge >= 0.3 is 0 Å². The molecule has 1 aromatic carbocycles. The van der Waals surface area contributed by atoms with Gasteiger partial charge < -0.3 is 10.1 Å². The molecule has 1 aromatic rings. The van der Waals surface area contributed by atoms with Crippen LogP contribution in [0, 0.1) is 5.41 Å². The predicted molar refractivity (Wildman–Crippen MR) is 87.3 cm³/mol. The predicted octanol–water partition coefficient (Wildman–Crippen LogP) is 4.95. The van der Waals surface area contributed by atoms with Crippen molar-refractivity contribution >= 4 is 0 Å². The molecule has 0 aliphatic rings. The van der Waals surface area contributed by atoms with Crippen LogP contribution in [0.25, 0.3) is 0 Å². The summed E-state index contributed by atoms with van der Waals surface area (Å²) in [5.41, 5.74) is 1.59. The summed E-state index contributed by atoms with van der Waals surface area (Å²) in [5, 5.41) is 3.66. The Morgan fingerprint density at radius 2 is 1.90 bits per heavy atom. The summed E-state index contributed by atoms with van der Waals surface area (Å²) in [6.45, 7) is 10.2. The van der Waals surface area contributed by atoms with Crippen molar-refractivity contribution in [2.24, 2.45) is 5.41 Å². The summed E-state index contributed by atoms with van der Waals surface area (Å²) in [6, 6.07) is 8.57. The van der Waals surface area contributed by atoms with Gasteiger partial charge in [0.2, 0.25) is 0 Å². The first-order chi connectivity index (χ1) is 9.50. The van der Waals surface area contributed by atoms with Crippen LogP contribution in [0.15, 0.2) is 24.3 Å². The standard InChI is InChI=1S/C18H31NO/c1-6-7-10-13-18(3,4)14-19-15(2)16-11-8-9-12-17(16)20-5/h8-9,11-12,15,19H,6-7,10,13-14H2,1-5H3. The lowest BCUT2D eigenvalue weighted by Crippen LogP contribution is -2.31. The minimum Gasteiger partial charge on any atom is -0.496 e. The molecule has 0 fully saturated rings. The Kier molecular flexibility index (Phi) is 7.08. The van der Waals surface area contributed by atoms with Gasteiger partial charge in [-0.05, 0) is 24.8 Å². The molecule has 0 radical (unpaired) electrons. The molecule has 0 aromatic heterocycles. The summed E-state index contributed by atoms with van der Waals surface area (Å²) in [4.78, 5) is 0. The molecule has 0 aliphatic carbocycles. The molecule has 0 bridgehead atoms. The molecule has 0 amide bonds. The molecule has 1 unspecified atom stereocenters. The molecule has 0 heterocycles. The summed E-state index contributed by atoms with van der Waals surface area (Å²) in [5.74, 6) is 0.969. The van der Waals surface area contributed by atoms with Crippen LogP contribution >= 0.6 is 0 Å². The number of rotatable bonds is 9. The van der Waals surface area contributed by atoms with Gasteiger partial charge in [0, 0.05) is 18.2 Å². The normalized spacial score (nSPS) is 13.2. The number of hydrogen-bond donors (Lipinski definition) is 1. The zero-order valence-electron chi connectivity index (χ0n) is 13.8. The maximum absolute atomic E-state index is 5.44. The Morgan fingerprint density at radius 3 is 2.55 bits per heavy atom. The molecule has 0 saturated carbocycles. The maximum Gasteiger partial charge on any atom is 0.123 e. The molecule has 0 saturated heterocycles. The van der Waals surface area contributed by atoms with Crippen LogP contribution in [-0.2, 0) is 0 Å². The SMILES string of the molecule is CCCCCC(C)(C)CNC(C)c1ccccc1OC. The Hall–Kier alpha value is -1.02. The van der Waals surface area contributed by atoms with Crippen molar-refractivity contribution in [1.29, 1.82) is 0 Å². The molecular weight excluding hydrogens is 246 g/mol. The van der Waals surface area contributed by atoms with E-state index < -0.39 is 0 Å². The van der Waals surface area contributed by atoms with Gasteiger partial charge in [-0.2, -0.15) is 0 Å². The Labute approximate surface area is 124 Å². The second-order valence-electron chi connectivity index (χ2n) is 6.47. The van der Waals surface area contributed by atoms with E-state index in [1.165, 1.54) is 31.2 Å². The Balaban J connectivity index is 2.51. The van der Waals surface area contributed by atoms with E-state index in [-0.39, 0.29) is 0 Å². The lowest BCUT2D eigenvalue weighted by atomic mass is 9.86. The molecule has 1 atom stereocenters. The summed E-state index contributed by atoms with van der Waals surface area (Å²) in [6.07, 6.45) is 5.24. The zero-order chi connectivity index (χ0) is 15.0. The highest BCUT2D eigenvalue weighted by atomic mass is 16.5. The van der Waals surface area contributed by atoms with Crippen molar-refractivity contribution in [2.75, 3.05) is 13.7 Å². The van der Waals surface area contributed by atoms with Crippen molar-refractivity contribution < 1.29 is 4.74 Å². The lowest BCUT2D eigenvalue weighted by molar-refractivity contribution is 0.289. The molecule has 0 aliphatic heterocycles. The van der Waals surface area contributed by atoms with Crippen LogP contribution in [0.4, 0.5) is 0 Å². The van der Waals surface area contributed by atoms with Gasteiger partial charge in [-0.15, -0.1) is 0 Å². The van der Waals surface area contributed by atoms with Gasteiger partial charge in [-0.25, -0.2) is 0 Å². The highest BCUT2D eigenvalue weighted by Crippen LogP contribution is 2.27. The van der Waals surface area contributed by atoms with Gasteiger partial charge in [0.15, 0.2) is 0 Å². The smallest absolute Gasteiger partial charge is 0.123 e. The number of ether oxygens (including phenoxy) is 1. The van der Waals surface area contributed by atoms with Crippen LogP contribution in [0.1, 0.15) is 65.0 Å². The summed E-state index contributed by atoms with van der Waals surface area (Å²) >= 11 is 0. The molecule has 0 spiro atoms. The molecule has 2 heteroatoms. The fourth-order valence-electron chi connectivity index (χ4n) is 2.51. The maximum atomic E-state index is 5.44. The number of benzene rings is 1. The van der Waals surface area contributed by atoms with Crippen LogP contribution < -0.4 is 10.1 Å². The van der Waals surface area contributed by atoms with Crippen molar-refractivity contribution in [3.05, 3.63) is 29.8 Å². The van der Waals surface area contributed by atoms with E-state index >= 15 is 0 Å². The fraction of sp³-hybridized carbons (Fsp3) is 0.667. The largest absolute Gasteiger partial charge is 0.496 e. The first-order valence-electron chi connectivity index (χ1n) is 7.86. The highest BCUT2D eigenvalue weighted by Gasteiger charge is 2.19. The molecular formula is C18H31NO. The fourth-order valence-corrected chi connectivity index (χ4v) is 2.51. The monoisotopic (exact) mass is 277 g/mol. The zero-order valence-corrected chi connectivity index (χ0v) is 13.8. The molecule has 2 nitrogen and oxygen atoms in total. The molecule has 114 valence electrons. The van der Waals surface area contributed by atoms with E-state index in [9.17, 15) is 0 Å². The van der Waals surface area contributed by atoms with Gasteiger partial charge in [-0.1, -0.05) is 58.2 Å². The molecule has 1 N–H and O–H groups in total. The van der Waals surface area contributed by atoms with Gasteiger partial charge in [0.1, 0.15) is 5.75 Å². The van der Waals surface area contributed by atoms with Gasteiger partial charge in [0.05, 0.1) is 7.11 Å². The minimum absolute atomic E-state index is 0.316. The quantitative estimate of drug-likeness (QED) is 0.645. The van der Waals surface area contributed by atoms with Crippen LogP contribution in [0.5, 0.6) is 5.75 Å². The van der Waals surface area contributed by atoms with Gasteiger partial charge in [-0.3, -0.25) is 0 Å². The van der Waals surface area contributed by atoms with Crippen molar-refractivity contribution in [2.45, 2.75) is 59.4 Å². The third-order valence-corrected chi connectivity index (χ3v) is 3.95. The highest BCUT2D eigenvalue weighted by molar-refractivity contribution is 5.35. The average Bonchev–Trinajstić information content (AvgIpc) is 2.45. The third-order valence-electron chi connectivity index (χ3n) is 3.95. The first kappa shape index (κ1) is 17.0.